The molecule has 2 rings (SSSR count). The van der Waals surface area contributed by atoms with Crippen LogP contribution in [0.3, 0.4) is 0 Å². The summed E-state index contributed by atoms with van der Waals surface area (Å²) in [5.74, 6) is 0. The van der Waals surface area contributed by atoms with Gasteiger partial charge in [-0.3, -0.25) is 5.32 Å². The average molecular weight is 296 g/mol. The van der Waals surface area contributed by atoms with Gasteiger partial charge in [0.1, 0.15) is 0 Å². The molecular formula is C16H22ClNO2. The topological polar surface area (TPSA) is 38.3 Å². The average Bonchev–Trinajstić information content (AvgIpc) is 2.42. The molecule has 3 nitrogen and oxygen atoms in total. The first-order chi connectivity index (χ1) is 9.55. The molecular weight excluding hydrogens is 274 g/mol. The lowest BCUT2D eigenvalue weighted by atomic mass is 9.71. The number of hydrogen-bond acceptors (Lipinski definition) is 2. The highest BCUT2D eigenvalue weighted by Gasteiger charge is 2.29. The standard InChI is InChI=1S/C16H22ClNO2/c1-3-20-15(19)18-14-8-7-12(11-13(14)17)16(2)9-5-4-6-10-16/h7-8,11H,3-6,9-10H2,1-2H3,(H,18,19). The summed E-state index contributed by atoms with van der Waals surface area (Å²) < 4.78 is 4.86. The van der Waals surface area contributed by atoms with Crippen molar-refractivity contribution in [2.45, 2.75) is 51.4 Å². The molecule has 110 valence electrons. The van der Waals surface area contributed by atoms with Crippen LogP contribution in [-0.2, 0) is 10.2 Å². The van der Waals surface area contributed by atoms with Gasteiger partial charge in [0.15, 0.2) is 0 Å². The molecule has 1 aromatic carbocycles. The molecule has 1 amide bonds. The maximum atomic E-state index is 11.4. The van der Waals surface area contributed by atoms with Crippen LogP contribution in [0.25, 0.3) is 0 Å². The maximum absolute atomic E-state index is 11.4. The molecule has 0 spiro atoms. The summed E-state index contributed by atoms with van der Waals surface area (Å²) in [7, 11) is 0. The minimum absolute atomic E-state index is 0.213. The molecule has 4 heteroatoms. The van der Waals surface area contributed by atoms with Crippen molar-refractivity contribution in [3.05, 3.63) is 28.8 Å². The lowest BCUT2D eigenvalue weighted by Crippen LogP contribution is -2.25. The van der Waals surface area contributed by atoms with Gasteiger partial charge in [-0.05, 0) is 42.9 Å². The molecule has 1 aromatic rings. The van der Waals surface area contributed by atoms with E-state index in [1.165, 1.54) is 37.7 Å². The van der Waals surface area contributed by atoms with E-state index >= 15 is 0 Å². The Morgan fingerprint density at radius 1 is 1.35 bits per heavy atom. The predicted molar refractivity (Wildman–Crippen MR) is 82.5 cm³/mol. The van der Waals surface area contributed by atoms with E-state index in [-0.39, 0.29) is 5.41 Å². The summed E-state index contributed by atoms with van der Waals surface area (Å²) in [5.41, 5.74) is 2.08. The minimum Gasteiger partial charge on any atom is -0.450 e. The van der Waals surface area contributed by atoms with E-state index in [1.54, 1.807) is 6.92 Å². The first-order valence-electron chi connectivity index (χ1n) is 7.29. The molecule has 0 saturated heterocycles. The third-order valence-corrected chi connectivity index (χ3v) is 4.45. The number of anilines is 1. The van der Waals surface area contributed by atoms with Crippen LogP contribution in [-0.4, -0.2) is 12.7 Å². The number of carbonyl (C=O) groups excluding carboxylic acids is 1. The number of halogens is 1. The Kier molecular flexibility index (Phi) is 4.92. The lowest BCUT2D eigenvalue weighted by molar-refractivity contribution is 0.168. The van der Waals surface area contributed by atoms with Crippen molar-refractivity contribution in [1.82, 2.24) is 0 Å². The Balaban J connectivity index is 2.14. The molecule has 0 aromatic heterocycles. The van der Waals surface area contributed by atoms with Crippen LogP contribution in [0.15, 0.2) is 18.2 Å². The Bertz CT molecular complexity index is 481. The van der Waals surface area contributed by atoms with E-state index in [1.807, 2.05) is 12.1 Å². The second-order valence-corrected chi connectivity index (χ2v) is 6.07. The third-order valence-electron chi connectivity index (χ3n) is 4.14. The largest absolute Gasteiger partial charge is 0.450 e. The molecule has 0 atom stereocenters. The summed E-state index contributed by atoms with van der Waals surface area (Å²) in [5, 5.41) is 3.23. The van der Waals surface area contributed by atoms with Crippen molar-refractivity contribution in [1.29, 1.82) is 0 Å². The molecule has 1 fully saturated rings. The SMILES string of the molecule is CCOC(=O)Nc1ccc(C2(C)CCCCC2)cc1Cl. The molecule has 1 N–H and O–H groups in total. The number of amides is 1. The summed E-state index contributed by atoms with van der Waals surface area (Å²) in [6.45, 7) is 4.42. The van der Waals surface area contributed by atoms with Gasteiger partial charge < -0.3 is 4.74 Å². The number of carbonyl (C=O) groups is 1. The van der Waals surface area contributed by atoms with Crippen LogP contribution in [0.2, 0.25) is 5.02 Å². The fraction of sp³-hybridized carbons (Fsp3) is 0.562. The van der Waals surface area contributed by atoms with Gasteiger partial charge in [-0.25, -0.2) is 4.79 Å². The molecule has 20 heavy (non-hydrogen) atoms. The molecule has 1 aliphatic carbocycles. The molecule has 0 bridgehead atoms. The number of ether oxygens (including phenoxy) is 1. The van der Waals surface area contributed by atoms with Crippen LogP contribution in [0, 0.1) is 0 Å². The predicted octanol–water partition coefficient (Wildman–Crippen LogP) is 5.13. The van der Waals surface area contributed by atoms with Crippen molar-refractivity contribution < 1.29 is 9.53 Å². The highest BCUT2D eigenvalue weighted by atomic mass is 35.5. The summed E-state index contributed by atoms with van der Waals surface area (Å²) in [6, 6.07) is 5.92. The Morgan fingerprint density at radius 2 is 2.05 bits per heavy atom. The molecule has 0 unspecified atom stereocenters. The van der Waals surface area contributed by atoms with Gasteiger partial charge in [0, 0.05) is 0 Å². The molecule has 0 aliphatic heterocycles. The van der Waals surface area contributed by atoms with Crippen molar-refractivity contribution in [2.75, 3.05) is 11.9 Å². The fourth-order valence-corrected chi connectivity index (χ4v) is 3.12. The third kappa shape index (κ3) is 3.45. The highest BCUT2D eigenvalue weighted by Crippen LogP contribution is 2.40. The van der Waals surface area contributed by atoms with E-state index in [0.717, 1.165) is 0 Å². The first kappa shape index (κ1) is 15.2. The van der Waals surface area contributed by atoms with Crippen LogP contribution < -0.4 is 5.32 Å². The fourth-order valence-electron chi connectivity index (χ4n) is 2.89. The van der Waals surface area contributed by atoms with Crippen molar-refractivity contribution in [3.8, 4) is 0 Å². The van der Waals surface area contributed by atoms with Gasteiger partial charge in [0.25, 0.3) is 0 Å². The maximum Gasteiger partial charge on any atom is 0.411 e. The molecule has 0 radical (unpaired) electrons. The number of rotatable bonds is 3. The Morgan fingerprint density at radius 3 is 2.65 bits per heavy atom. The zero-order valence-corrected chi connectivity index (χ0v) is 12.9. The Hall–Kier alpha value is -1.22. The first-order valence-corrected chi connectivity index (χ1v) is 7.67. The van der Waals surface area contributed by atoms with Gasteiger partial charge in [-0.1, -0.05) is 43.9 Å². The minimum atomic E-state index is -0.467. The highest BCUT2D eigenvalue weighted by molar-refractivity contribution is 6.33. The van der Waals surface area contributed by atoms with Crippen LogP contribution in [0.1, 0.15) is 51.5 Å². The molecule has 1 aliphatic rings. The van der Waals surface area contributed by atoms with Crippen LogP contribution in [0.4, 0.5) is 10.5 Å². The summed E-state index contributed by atoms with van der Waals surface area (Å²) >= 11 is 6.28. The lowest BCUT2D eigenvalue weighted by Gasteiger charge is -2.34. The van der Waals surface area contributed by atoms with Gasteiger partial charge in [0.05, 0.1) is 17.3 Å². The van der Waals surface area contributed by atoms with Gasteiger partial charge in [-0.2, -0.15) is 0 Å². The summed E-state index contributed by atoms with van der Waals surface area (Å²) in [6.07, 6.45) is 5.81. The van der Waals surface area contributed by atoms with Crippen LogP contribution in [0.5, 0.6) is 0 Å². The monoisotopic (exact) mass is 295 g/mol. The van der Waals surface area contributed by atoms with E-state index < -0.39 is 6.09 Å². The van der Waals surface area contributed by atoms with E-state index in [2.05, 4.69) is 18.3 Å². The van der Waals surface area contributed by atoms with Gasteiger partial charge in [-0.15, -0.1) is 0 Å². The number of hydrogen-bond donors (Lipinski definition) is 1. The van der Waals surface area contributed by atoms with Crippen molar-refractivity contribution in [3.63, 3.8) is 0 Å². The Labute approximate surface area is 125 Å². The smallest absolute Gasteiger partial charge is 0.411 e. The number of nitrogens with one attached hydrogen (secondary N) is 1. The van der Waals surface area contributed by atoms with Gasteiger partial charge >= 0.3 is 6.09 Å². The van der Waals surface area contributed by atoms with Gasteiger partial charge in [0.2, 0.25) is 0 Å². The zero-order valence-electron chi connectivity index (χ0n) is 12.2. The van der Waals surface area contributed by atoms with E-state index in [4.69, 9.17) is 16.3 Å². The second-order valence-electron chi connectivity index (χ2n) is 5.66. The van der Waals surface area contributed by atoms with E-state index in [0.29, 0.717) is 17.3 Å². The number of benzene rings is 1. The molecule has 1 saturated carbocycles. The quantitative estimate of drug-likeness (QED) is 0.839. The van der Waals surface area contributed by atoms with E-state index in [9.17, 15) is 4.79 Å². The summed E-state index contributed by atoms with van der Waals surface area (Å²) in [4.78, 5) is 11.4. The van der Waals surface area contributed by atoms with Crippen molar-refractivity contribution in [2.24, 2.45) is 0 Å². The van der Waals surface area contributed by atoms with Crippen molar-refractivity contribution >= 4 is 23.4 Å². The zero-order chi connectivity index (χ0) is 14.6. The molecule has 0 heterocycles. The second kappa shape index (κ2) is 6.49. The normalized spacial score (nSPS) is 17.6. The van der Waals surface area contributed by atoms with Crippen LogP contribution >= 0.6 is 11.6 Å².